The van der Waals surface area contributed by atoms with Crippen molar-refractivity contribution < 1.29 is 9.84 Å². The highest BCUT2D eigenvalue weighted by Crippen LogP contribution is 2.31. The Hall–Kier alpha value is -2.49. The van der Waals surface area contributed by atoms with Crippen molar-refractivity contribution in [1.82, 2.24) is 9.38 Å². The van der Waals surface area contributed by atoms with Gasteiger partial charge in [-0.05, 0) is 56.2 Å². The van der Waals surface area contributed by atoms with E-state index >= 15 is 0 Å². The third-order valence-corrected chi connectivity index (χ3v) is 3.56. The van der Waals surface area contributed by atoms with Crippen LogP contribution in [0.3, 0.4) is 0 Å². The quantitative estimate of drug-likeness (QED) is 0.796. The van der Waals surface area contributed by atoms with Crippen LogP contribution >= 0.6 is 0 Å². The predicted octanol–water partition coefficient (Wildman–Crippen LogP) is 3.72. The molecule has 0 saturated heterocycles. The van der Waals surface area contributed by atoms with E-state index in [9.17, 15) is 5.11 Å². The molecule has 0 saturated carbocycles. The number of pyridine rings is 1. The zero-order valence-corrected chi connectivity index (χ0v) is 12.4. The average molecular weight is 282 g/mol. The van der Waals surface area contributed by atoms with Gasteiger partial charge in [-0.25, -0.2) is 4.98 Å². The molecule has 3 aromatic rings. The number of hydrogen-bond donors (Lipinski definition) is 1. The van der Waals surface area contributed by atoms with Crippen molar-refractivity contribution in [3.63, 3.8) is 0 Å². The van der Waals surface area contributed by atoms with Crippen LogP contribution in [0.1, 0.15) is 18.1 Å². The summed E-state index contributed by atoms with van der Waals surface area (Å²) >= 11 is 0. The van der Waals surface area contributed by atoms with E-state index in [-0.39, 0.29) is 5.75 Å². The molecule has 1 aromatic carbocycles. The minimum absolute atomic E-state index is 0.184. The fourth-order valence-electron chi connectivity index (χ4n) is 2.50. The first-order chi connectivity index (χ1) is 10.1. The van der Waals surface area contributed by atoms with E-state index in [4.69, 9.17) is 4.74 Å². The molecule has 0 aliphatic heterocycles. The van der Waals surface area contributed by atoms with E-state index in [1.165, 1.54) is 0 Å². The molecule has 0 radical (unpaired) electrons. The monoisotopic (exact) mass is 282 g/mol. The highest BCUT2D eigenvalue weighted by atomic mass is 16.5. The van der Waals surface area contributed by atoms with Crippen molar-refractivity contribution in [2.24, 2.45) is 0 Å². The van der Waals surface area contributed by atoms with Gasteiger partial charge < -0.3 is 14.2 Å². The molecular formula is C17H18N2O2. The molecule has 0 aliphatic carbocycles. The van der Waals surface area contributed by atoms with E-state index < -0.39 is 0 Å². The Morgan fingerprint density at radius 1 is 1.24 bits per heavy atom. The smallest absolute Gasteiger partial charge is 0.180 e. The van der Waals surface area contributed by atoms with E-state index in [1.807, 2.05) is 43.6 Å². The van der Waals surface area contributed by atoms with Gasteiger partial charge >= 0.3 is 0 Å². The summed E-state index contributed by atoms with van der Waals surface area (Å²) in [4.78, 5) is 4.53. The van der Waals surface area contributed by atoms with Crippen LogP contribution in [0, 0.1) is 13.8 Å². The van der Waals surface area contributed by atoms with Crippen LogP contribution in [-0.4, -0.2) is 21.1 Å². The van der Waals surface area contributed by atoms with Crippen LogP contribution in [0.4, 0.5) is 0 Å². The number of rotatable bonds is 3. The van der Waals surface area contributed by atoms with Crippen molar-refractivity contribution in [2.75, 3.05) is 6.61 Å². The Kier molecular flexibility index (Phi) is 3.29. The minimum atomic E-state index is 0.184. The zero-order chi connectivity index (χ0) is 15.0. The third kappa shape index (κ3) is 2.33. The summed E-state index contributed by atoms with van der Waals surface area (Å²) in [5.41, 5.74) is 4.66. The molecule has 21 heavy (non-hydrogen) atoms. The molecule has 2 aromatic heterocycles. The van der Waals surface area contributed by atoms with Crippen LogP contribution in [0.2, 0.25) is 0 Å². The molecule has 3 rings (SSSR count). The standard InChI is InChI=1S/C17H18N2O2/c1-4-21-16-9-11(2)13(8-12(16)3)14-10-19-7-5-6-15(20)17(19)18-14/h5-10,20H,4H2,1-3H3. The van der Waals surface area contributed by atoms with Crippen molar-refractivity contribution >= 4 is 5.65 Å². The molecule has 0 fully saturated rings. The summed E-state index contributed by atoms with van der Waals surface area (Å²) in [5, 5.41) is 9.87. The SMILES string of the molecule is CCOc1cc(C)c(-c2cn3cccc(O)c3n2)cc1C. The summed E-state index contributed by atoms with van der Waals surface area (Å²) in [5.74, 6) is 1.09. The number of ether oxygens (including phenoxy) is 1. The molecule has 4 heteroatoms. The lowest BCUT2D eigenvalue weighted by molar-refractivity contribution is 0.337. The third-order valence-electron chi connectivity index (χ3n) is 3.56. The topological polar surface area (TPSA) is 46.8 Å². The number of aromatic nitrogens is 2. The maximum atomic E-state index is 9.87. The molecule has 0 bridgehead atoms. The summed E-state index contributed by atoms with van der Waals surface area (Å²) in [6.45, 7) is 6.71. The number of fused-ring (bicyclic) bond motifs is 1. The van der Waals surface area contributed by atoms with Gasteiger partial charge in [0.15, 0.2) is 11.4 Å². The average Bonchev–Trinajstić information content (AvgIpc) is 2.88. The number of imidazole rings is 1. The van der Waals surface area contributed by atoms with E-state index in [1.54, 1.807) is 12.1 Å². The van der Waals surface area contributed by atoms with Crippen LogP contribution in [0.25, 0.3) is 16.9 Å². The Labute approximate surface area is 123 Å². The lowest BCUT2D eigenvalue weighted by Gasteiger charge is -2.11. The Morgan fingerprint density at radius 2 is 2.05 bits per heavy atom. The largest absolute Gasteiger partial charge is 0.504 e. The lowest BCUT2D eigenvalue weighted by atomic mass is 10.0. The zero-order valence-electron chi connectivity index (χ0n) is 12.4. The van der Waals surface area contributed by atoms with Gasteiger partial charge in [0.25, 0.3) is 0 Å². The molecule has 0 unspecified atom stereocenters. The first-order valence-electron chi connectivity index (χ1n) is 7.01. The van der Waals surface area contributed by atoms with Gasteiger partial charge in [-0.3, -0.25) is 0 Å². The highest BCUT2D eigenvalue weighted by Gasteiger charge is 2.12. The maximum Gasteiger partial charge on any atom is 0.180 e. The van der Waals surface area contributed by atoms with Gasteiger partial charge in [-0.15, -0.1) is 0 Å². The molecular weight excluding hydrogens is 264 g/mol. The Morgan fingerprint density at radius 3 is 2.76 bits per heavy atom. The van der Waals surface area contributed by atoms with Crippen molar-refractivity contribution in [1.29, 1.82) is 0 Å². The molecule has 1 N–H and O–H groups in total. The predicted molar refractivity (Wildman–Crippen MR) is 82.9 cm³/mol. The first kappa shape index (κ1) is 13.5. The number of benzene rings is 1. The van der Waals surface area contributed by atoms with Gasteiger partial charge in [0.2, 0.25) is 0 Å². The Bertz CT molecular complexity index is 806. The number of hydrogen-bond acceptors (Lipinski definition) is 3. The number of aryl methyl sites for hydroxylation is 2. The molecule has 0 spiro atoms. The Balaban J connectivity index is 2.14. The summed E-state index contributed by atoms with van der Waals surface area (Å²) in [6, 6.07) is 7.56. The van der Waals surface area contributed by atoms with Gasteiger partial charge in [0.05, 0.1) is 12.3 Å². The van der Waals surface area contributed by atoms with Gasteiger partial charge in [0, 0.05) is 18.0 Å². The van der Waals surface area contributed by atoms with Crippen molar-refractivity contribution in [3.8, 4) is 22.8 Å². The fraction of sp³-hybridized carbons (Fsp3) is 0.235. The second kappa shape index (κ2) is 5.13. The van der Waals surface area contributed by atoms with Crippen LogP contribution in [0.5, 0.6) is 11.5 Å². The van der Waals surface area contributed by atoms with E-state index in [2.05, 4.69) is 11.1 Å². The summed E-state index contributed by atoms with van der Waals surface area (Å²) in [7, 11) is 0. The van der Waals surface area contributed by atoms with Gasteiger partial charge in [0.1, 0.15) is 5.75 Å². The second-order valence-corrected chi connectivity index (χ2v) is 5.12. The molecule has 4 nitrogen and oxygen atoms in total. The first-order valence-corrected chi connectivity index (χ1v) is 7.01. The molecule has 0 atom stereocenters. The fourth-order valence-corrected chi connectivity index (χ4v) is 2.50. The number of nitrogens with zero attached hydrogens (tertiary/aromatic N) is 2. The van der Waals surface area contributed by atoms with Crippen molar-refractivity contribution in [2.45, 2.75) is 20.8 Å². The second-order valence-electron chi connectivity index (χ2n) is 5.12. The summed E-state index contributed by atoms with van der Waals surface area (Å²) in [6.07, 6.45) is 3.81. The highest BCUT2D eigenvalue weighted by molar-refractivity contribution is 5.70. The normalized spacial score (nSPS) is 11.0. The van der Waals surface area contributed by atoms with Crippen LogP contribution in [-0.2, 0) is 0 Å². The number of aromatic hydroxyl groups is 1. The molecule has 0 aliphatic rings. The molecule has 108 valence electrons. The minimum Gasteiger partial charge on any atom is -0.504 e. The maximum absolute atomic E-state index is 9.87. The summed E-state index contributed by atoms with van der Waals surface area (Å²) < 4.78 is 7.45. The van der Waals surface area contributed by atoms with E-state index in [0.29, 0.717) is 12.3 Å². The molecule has 0 amide bonds. The molecule has 2 heterocycles. The van der Waals surface area contributed by atoms with Crippen LogP contribution in [0.15, 0.2) is 36.7 Å². The van der Waals surface area contributed by atoms with E-state index in [0.717, 1.165) is 28.1 Å². The van der Waals surface area contributed by atoms with Gasteiger partial charge in [-0.1, -0.05) is 0 Å². The van der Waals surface area contributed by atoms with Gasteiger partial charge in [-0.2, -0.15) is 0 Å². The van der Waals surface area contributed by atoms with Crippen molar-refractivity contribution in [3.05, 3.63) is 47.8 Å². The lowest BCUT2D eigenvalue weighted by Crippen LogP contribution is -1.96. The van der Waals surface area contributed by atoms with Crippen LogP contribution < -0.4 is 4.74 Å².